The molecule has 2 N–H and O–H groups in total. The minimum absolute atomic E-state index is 0.0616. The van der Waals surface area contributed by atoms with Gasteiger partial charge in [-0.15, -0.1) is 0 Å². The average Bonchev–Trinajstić information content (AvgIpc) is 3.37. The first kappa shape index (κ1) is 24.1. The summed E-state index contributed by atoms with van der Waals surface area (Å²) in [7, 11) is 3.00. The van der Waals surface area contributed by atoms with Crippen molar-refractivity contribution in [2.24, 2.45) is 0 Å². The highest BCUT2D eigenvalue weighted by molar-refractivity contribution is 5.92. The van der Waals surface area contributed by atoms with Crippen LogP contribution in [-0.4, -0.2) is 41.2 Å². The van der Waals surface area contributed by atoms with Gasteiger partial charge in [-0.25, -0.2) is 4.79 Å². The third-order valence-electron chi connectivity index (χ3n) is 6.09. The average molecular weight is 481 g/mol. The Morgan fingerprint density at radius 3 is 2.20 bits per heavy atom. The topological polar surface area (TPSA) is 121 Å². The summed E-state index contributed by atoms with van der Waals surface area (Å²) in [6.07, 6.45) is 3.86. The maximum atomic E-state index is 13.3. The summed E-state index contributed by atoms with van der Waals surface area (Å²) in [6.45, 7) is -0.767. The Hall–Kier alpha value is -4.08. The Bertz CT molecular complexity index is 1350. The molecule has 1 saturated carbocycles. The third kappa shape index (κ3) is 5.37. The number of hydrogen-bond acceptors (Lipinski definition) is 6. The van der Waals surface area contributed by atoms with Gasteiger partial charge in [-0.1, -0.05) is 25.0 Å². The van der Waals surface area contributed by atoms with Crippen molar-refractivity contribution in [3.05, 3.63) is 63.3 Å². The molecule has 0 unspecified atom stereocenters. The fraction of sp³-hybridized carbons (Fsp3) is 0.360. The molecule has 4 rings (SSSR count). The van der Waals surface area contributed by atoms with Gasteiger partial charge < -0.3 is 20.1 Å². The lowest BCUT2D eigenvalue weighted by molar-refractivity contribution is -0.122. The van der Waals surface area contributed by atoms with Crippen LogP contribution >= 0.6 is 0 Å². The van der Waals surface area contributed by atoms with E-state index in [9.17, 15) is 19.2 Å². The van der Waals surface area contributed by atoms with Crippen LogP contribution in [0.4, 0.5) is 5.69 Å². The maximum Gasteiger partial charge on any atom is 0.332 e. The molecule has 0 aliphatic heterocycles. The highest BCUT2D eigenvalue weighted by Gasteiger charge is 2.20. The molecule has 10 nitrogen and oxygen atoms in total. The number of methoxy groups -OCH3 is 2. The summed E-state index contributed by atoms with van der Waals surface area (Å²) in [5.41, 5.74) is -0.559. The van der Waals surface area contributed by atoms with Gasteiger partial charge in [-0.05, 0) is 25.0 Å². The summed E-state index contributed by atoms with van der Waals surface area (Å²) in [5, 5.41) is 5.87. The van der Waals surface area contributed by atoms with E-state index in [0.717, 1.165) is 30.3 Å². The lowest BCUT2D eigenvalue weighted by Gasteiger charge is -2.16. The summed E-state index contributed by atoms with van der Waals surface area (Å²) in [6, 6.07) is 11.5. The van der Waals surface area contributed by atoms with Crippen molar-refractivity contribution >= 4 is 28.4 Å². The number of benzene rings is 2. The van der Waals surface area contributed by atoms with Crippen LogP contribution in [0, 0.1) is 0 Å². The van der Waals surface area contributed by atoms with Crippen LogP contribution in [0.1, 0.15) is 25.7 Å². The van der Waals surface area contributed by atoms with E-state index in [1.807, 2.05) is 0 Å². The molecule has 0 radical (unpaired) electrons. The quantitative estimate of drug-likeness (QED) is 0.508. The van der Waals surface area contributed by atoms with Crippen molar-refractivity contribution in [3.63, 3.8) is 0 Å². The van der Waals surface area contributed by atoms with E-state index in [1.165, 1.54) is 18.8 Å². The number of anilines is 1. The van der Waals surface area contributed by atoms with Gasteiger partial charge in [0.25, 0.3) is 5.56 Å². The molecule has 2 amide bonds. The van der Waals surface area contributed by atoms with Crippen LogP contribution < -0.4 is 31.4 Å². The summed E-state index contributed by atoms with van der Waals surface area (Å²) in [5.74, 6) is 0.0900. The first-order valence-electron chi connectivity index (χ1n) is 11.4. The van der Waals surface area contributed by atoms with Gasteiger partial charge in [0, 0.05) is 29.9 Å². The molecule has 0 saturated heterocycles. The molecule has 0 spiro atoms. The van der Waals surface area contributed by atoms with E-state index < -0.39 is 29.6 Å². The molecule has 0 bridgehead atoms. The lowest BCUT2D eigenvalue weighted by atomic mass is 10.2. The molecule has 1 heterocycles. The van der Waals surface area contributed by atoms with E-state index >= 15 is 0 Å². The SMILES string of the molecule is COc1cc(NC(=O)Cn2c(=O)n(CC(=O)NC3CCCC3)c(=O)c3ccccc32)cc(OC)c1. The second kappa shape index (κ2) is 10.5. The van der Waals surface area contributed by atoms with Crippen molar-refractivity contribution in [1.29, 1.82) is 0 Å². The van der Waals surface area contributed by atoms with E-state index in [1.54, 1.807) is 42.5 Å². The van der Waals surface area contributed by atoms with Gasteiger partial charge in [-0.3, -0.25) is 23.5 Å². The third-order valence-corrected chi connectivity index (χ3v) is 6.09. The van der Waals surface area contributed by atoms with Crippen LogP contribution in [0.25, 0.3) is 10.9 Å². The van der Waals surface area contributed by atoms with Crippen LogP contribution in [0.3, 0.4) is 0 Å². The Balaban J connectivity index is 1.64. The normalized spacial score (nSPS) is 13.5. The molecule has 184 valence electrons. The Labute approximate surface area is 201 Å². The predicted octanol–water partition coefficient (Wildman–Crippen LogP) is 1.88. The Morgan fingerprint density at radius 2 is 1.54 bits per heavy atom. The smallest absolute Gasteiger partial charge is 0.332 e. The number of ether oxygens (including phenoxy) is 2. The van der Waals surface area contributed by atoms with Crippen molar-refractivity contribution < 1.29 is 19.1 Å². The van der Waals surface area contributed by atoms with Gasteiger partial charge in [0.1, 0.15) is 24.6 Å². The molecule has 1 aliphatic carbocycles. The largest absolute Gasteiger partial charge is 0.497 e. The number of carbonyl (C=O) groups is 2. The standard InChI is InChI=1S/C25H28N4O6/c1-34-18-11-17(12-19(13-18)35-2)27-22(30)14-28-21-10-6-5-9-20(21)24(32)29(25(28)33)15-23(31)26-16-7-3-4-8-16/h5-6,9-13,16H,3-4,7-8,14-15H2,1-2H3,(H,26,31)(H,27,30). The van der Waals surface area contributed by atoms with Gasteiger partial charge in [0.15, 0.2) is 0 Å². The van der Waals surface area contributed by atoms with Crippen molar-refractivity contribution in [3.8, 4) is 11.5 Å². The number of nitrogens with zero attached hydrogens (tertiary/aromatic N) is 2. The molecular weight excluding hydrogens is 452 g/mol. The van der Waals surface area contributed by atoms with Crippen LogP contribution in [0.5, 0.6) is 11.5 Å². The van der Waals surface area contributed by atoms with E-state index in [4.69, 9.17) is 9.47 Å². The van der Waals surface area contributed by atoms with Gasteiger partial charge in [0.2, 0.25) is 11.8 Å². The fourth-order valence-corrected chi connectivity index (χ4v) is 4.37. The minimum Gasteiger partial charge on any atom is -0.497 e. The van der Waals surface area contributed by atoms with E-state index in [2.05, 4.69) is 10.6 Å². The first-order valence-corrected chi connectivity index (χ1v) is 11.4. The van der Waals surface area contributed by atoms with Crippen molar-refractivity contribution in [1.82, 2.24) is 14.5 Å². The molecule has 0 atom stereocenters. The van der Waals surface area contributed by atoms with Crippen molar-refractivity contribution in [2.75, 3.05) is 19.5 Å². The molecule has 2 aromatic carbocycles. The minimum atomic E-state index is -0.728. The number of rotatable bonds is 8. The van der Waals surface area contributed by atoms with Gasteiger partial charge >= 0.3 is 5.69 Å². The van der Waals surface area contributed by atoms with E-state index in [-0.39, 0.29) is 18.0 Å². The number of amides is 2. The number of nitrogens with one attached hydrogen (secondary N) is 2. The summed E-state index contributed by atoms with van der Waals surface area (Å²) >= 11 is 0. The monoisotopic (exact) mass is 480 g/mol. The van der Waals surface area contributed by atoms with E-state index in [0.29, 0.717) is 22.7 Å². The predicted molar refractivity (Wildman–Crippen MR) is 131 cm³/mol. The molecule has 35 heavy (non-hydrogen) atoms. The maximum absolute atomic E-state index is 13.3. The fourth-order valence-electron chi connectivity index (χ4n) is 4.37. The van der Waals surface area contributed by atoms with Crippen LogP contribution in [0.15, 0.2) is 52.1 Å². The second-order valence-electron chi connectivity index (χ2n) is 8.48. The molecule has 3 aromatic rings. The lowest BCUT2D eigenvalue weighted by Crippen LogP contribution is -2.46. The number of aromatic nitrogens is 2. The van der Waals surface area contributed by atoms with Crippen LogP contribution in [0.2, 0.25) is 0 Å². The highest BCUT2D eigenvalue weighted by Crippen LogP contribution is 2.25. The molecule has 1 aliphatic rings. The first-order chi connectivity index (χ1) is 16.9. The zero-order chi connectivity index (χ0) is 24.9. The summed E-state index contributed by atoms with van der Waals surface area (Å²) < 4.78 is 12.5. The number of hydrogen-bond donors (Lipinski definition) is 2. The molecule has 10 heteroatoms. The second-order valence-corrected chi connectivity index (χ2v) is 8.48. The Kier molecular flexibility index (Phi) is 7.19. The van der Waals surface area contributed by atoms with Crippen LogP contribution in [-0.2, 0) is 22.7 Å². The highest BCUT2D eigenvalue weighted by atomic mass is 16.5. The van der Waals surface area contributed by atoms with Gasteiger partial charge in [0.05, 0.1) is 25.1 Å². The molecule has 1 aromatic heterocycles. The zero-order valence-corrected chi connectivity index (χ0v) is 19.7. The number of fused-ring (bicyclic) bond motifs is 1. The zero-order valence-electron chi connectivity index (χ0n) is 19.7. The number of para-hydroxylation sites is 1. The molecule has 1 fully saturated rings. The van der Waals surface area contributed by atoms with Gasteiger partial charge in [-0.2, -0.15) is 0 Å². The number of carbonyl (C=O) groups excluding carboxylic acids is 2. The van der Waals surface area contributed by atoms with Crippen molar-refractivity contribution in [2.45, 2.75) is 44.8 Å². The molecular formula is C25H28N4O6. The summed E-state index contributed by atoms with van der Waals surface area (Å²) in [4.78, 5) is 51.8. The Morgan fingerprint density at radius 1 is 0.914 bits per heavy atom.